The largest absolute Gasteiger partial charge is 0.413 e. The molecule has 0 bridgehead atoms. The fourth-order valence-corrected chi connectivity index (χ4v) is 3.08. The van der Waals surface area contributed by atoms with Crippen LogP contribution in [0.5, 0.6) is 0 Å². The molecule has 0 radical (unpaired) electrons. The Hall–Kier alpha value is -2.81. The van der Waals surface area contributed by atoms with Crippen LogP contribution in [0.2, 0.25) is 0 Å². The van der Waals surface area contributed by atoms with E-state index in [2.05, 4.69) is 18.2 Å². The second kappa shape index (κ2) is 4.60. The number of nitrogens with zero attached hydrogens (tertiary/aromatic N) is 1. The van der Waals surface area contributed by atoms with Gasteiger partial charge in [-0.3, -0.25) is 4.79 Å². The van der Waals surface area contributed by atoms with Crippen LogP contribution in [0.4, 0.5) is 0 Å². The van der Waals surface area contributed by atoms with Gasteiger partial charge in [0.25, 0.3) is 5.56 Å². The Morgan fingerprint density at radius 2 is 1.59 bits per heavy atom. The van der Waals surface area contributed by atoms with Crippen LogP contribution in [0, 0.1) is 6.92 Å². The van der Waals surface area contributed by atoms with Gasteiger partial charge >= 0.3 is 0 Å². The van der Waals surface area contributed by atoms with Gasteiger partial charge in [-0.15, -0.1) is 4.73 Å². The summed E-state index contributed by atoms with van der Waals surface area (Å²) < 4.78 is 1.37. The zero-order valence-corrected chi connectivity index (χ0v) is 12.5. The van der Waals surface area contributed by atoms with Gasteiger partial charge in [0, 0.05) is 5.39 Å². The molecule has 0 atom stereocenters. The summed E-state index contributed by atoms with van der Waals surface area (Å²) in [6.45, 7) is 2.04. The first-order valence-corrected chi connectivity index (χ1v) is 7.21. The lowest BCUT2D eigenvalue weighted by Gasteiger charge is -2.13. The number of benzene rings is 3. The number of pyridine rings is 1. The fraction of sp³-hybridized carbons (Fsp3) is 0.105. The summed E-state index contributed by atoms with van der Waals surface area (Å²) in [4.78, 5) is 18.0. The molecule has 0 N–H and O–H groups in total. The van der Waals surface area contributed by atoms with Crippen LogP contribution < -0.4 is 10.4 Å². The van der Waals surface area contributed by atoms with Crippen LogP contribution in [0.1, 0.15) is 5.56 Å². The molecule has 3 nitrogen and oxygen atoms in total. The highest BCUT2D eigenvalue weighted by Gasteiger charge is 2.12. The lowest BCUT2D eigenvalue weighted by molar-refractivity contribution is 0.170. The molecule has 0 saturated heterocycles. The van der Waals surface area contributed by atoms with Gasteiger partial charge in [0.1, 0.15) is 7.11 Å². The average molecular weight is 289 g/mol. The van der Waals surface area contributed by atoms with E-state index in [0.717, 1.165) is 32.6 Å². The van der Waals surface area contributed by atoms with Gasteiger partial charge in [-0.05, 0) is 41.3 Å². The van der Waals surface area contributed by atoms with Crippen molar-refractivity contribution in [3.63, 3.8) is 0 Å². The van der Waals surface area contributed by atoms with Crippen LogP contribution in [-0.2, 0) is 0 Å². The number of aromatic nitrogens is 1. The van der Waals surface area contributed by atoms with E-state index in [-0.39, 0.29) is 5.56 Å². The minimum Gasteiger partial charge on any atom is -0.413 e. The Balaban J connectivity index is 2.34. The maximum absolute atomic E-state index is 12.7. The summed E-state index contributed by atoms with van der Waals surface area (Å²) in [6.07, 6.45) is 0. The predicted molar refractivity (Wildman–Crippen MR) is 90.5 cm³/mol. The molecule has 4 aromatic rings. The highest BCUT2D eigenvalue weighted by molar-refractivity contribution is 6.10. The smallest absolute Gasteiger partial charge is 0.291 e. The highest BCUT2D eigenvalue weighted by Crippen LogP contribution is 2.28. The summed E-state index contributed by atoms with van der Waals surface area (Å²) in [5.41, 5.74) is 1.81. The van der Waals surface area contributed by atoms with Gasteiger partial charge in [-0.1, -0.05) is 42.0 Å². The Bertz CT molecular complexity index is 1090. The molecular weight excluding hydrogens is 274 g/mol. The molecule has 0 saturated carbocycles. The summed E-state index contributed by atoms with van der Waals surface area (Å²) in [6, 6.07) is 18.2. The van der Waals surface area contributed by atoms with E-state index in [1.807, 2.05) is 43.3 Å². The van der Waals surface area contributed by atoms with Crippen molar-refractivity contribution in [2.24, 2.45) is 0 Å². The second-order valence-electron chi connectivity index (χ2n) is 5.55. The summed E-state index contributed by atoms with van der Waals surface area (Å²) >= 11 is 0. The fourth-order valence-electron chi connectivity index (χ4n) is 3.08. The third-order valence-electron chi connectivity index (χ3n) is 4.15. The van der Waals surface area contributed by atoms with Crippen molar-refractivity contribution in [3.05, 3.63) is 70.5 Å². The molecule has 0 fully saturated rings. The monoisotopic (exact) mass is 289 g/mol. The van der Waals surface area contributed by atoms with E-state index in [1.165, 1.54) is 11.8 Å². The number of aryl methyl sites for hydroxylation is 1. The van der Waals surface area contributed by atoms with E-state index in [0.29, 0.717) is 5.39 Å². The zero-order chi connectivity index (χ0) is 15.3. The Morgan fingerprint density at radius 1 is 0.864 bits per heavy atom. The van der Waals surface area contributed by atoms with E-state index in [4.69, 9.17) is 4.84 Å². The van der Waals surface area contributed by atoms with Gasteiger partial charge in [0.15, 0.2) is 0 Å². The van der Waals surface area contributed by atoms with Gasteiger partial charge in [0.2, 0.25) is 0 Å². The Kier molecular flexibility index (Phi) is 2.70. The van der Waals surface area contributed by atoms with E-state index >= 15 is 0 Å². The van der Waals surface area contributed by atoms with Crippen LogP contribution in [0.3, 0.4) is 0 Å². The molecule has 3 heteroatoms. The number of rotatable bonds is 1. The Labute approximate surface area is 127 Å². The molecule has 3 aromatic carbocycles. The van der Waals surface area contributed by atoms with Crippen LogP contribution >= 0.6 is 0 Å². The van der Waals surface area contributed by atoms with Crippen molar-refractivity contribution < 1.29 is 4.84 Å². The SMILES string of the molecule is COn1c(=O)c2ccc(C)cc2c2cc3ccccc3cc21. The first-order valence-electron chi connectivity index (χ1n) is 7.21. The van der Waals surface area contributed by atoms with Gasteiger partial charge in [0.05, 0.1) is 10.9 Å². The summed E-state index contributed by atoms with van der Waals surface area (Å²) in [5, 5.41) is 4.92. The topological polar surface area (TPSA) is 31.2 Å². The normalized spacial score (nSPS) is 11.4. The first kappa shape index (κ1) is 12.9. The van der Waals surface area contributed by atoms with Gasteiger partial charge in [-0.2, -0.15) is 0 Å². The standard InChI is InChI=1S/C19H15NO2/c1-12-7-8-15-16(9-12)17-10-13-5-3-4-6-14(13)11-18(17)20(22-2)19(15)21/h3-11H,1-2H3. The first-order chi connectivity index (χ1) is 10.7. The van der Waals surface area contributed by atoms with Crippen molar-refractivity contribution in [1.29, 1.82) is 0 Å². The van der Waals surface area contributed by atoms with Gasteiger partial charge in [-0.25, -0.2) is 0 Å². The minimum absolute atomic E-state index is 0.125. The third-order valence-corrected chi connectivity index (χ3v) is 4.15. The summed E-state index contributed by atoms with van der Waals surface area (Å²) in [7, 11) is 1.52. The number of hydrogen-bond acceptors (Lipinski definition) is 2. The molecule has 108 valence electrons. The quantitative estimate of drug-likeness (QED) is 0.395. The van der Waals surface area contributed by atoms with Crippen LogP contribution in [0.25, 0.3) is 32.4 Å². The average Bonchev–Trinajstić information content (AvgIpc) is 2.54. The predicted octanol–water partition coefficient (Wildman–Crippen LogP) is 3.67. The number of hydrogen-bond donors (Lipinski definition) is 0. The molecule has 0 aliphatic heterocycles. The molecular formula is C19H15NO2. The van der Waals surface area contributed by atoms with Crippen molar-refractivity contribution >= 4 is 32.4 Å². The van der Waals surface area contributed by atoms with Crippen LogP contribution in [0.15, 0.2) is 59.4 Å². The van der Waals surface area contributed by atoms with E-state index in [1.54, 1.807) is 0 Å². The van der Waals surface area contributed by atoms with Crippen molar-refractivity contribution in [1.82, 2.24) is 4.73 Å². The molecule has 0 aliphatic carbocycles. The third kappa shape index (κ3) is 1.72. The van der Waals surface area contributed by atoms with E-state index in [9.17, 15) is 4.79 Å². The molecule has 0 unspecified atom stereocenters. The summed E-state index contributed by atoms with van der Waals surface area (Å²) in [5.74, 6) is 0. The van der Waals surface area contributed by atoms with Crippen molar-refractivity contribution in [3.8, 4) is 0 Å². The molecule has 0 spiro atoms. The molecule has 1 aromatic heterocycles. The molecule has 0 amide bonds. The lowest BCUT2D eigenvalue weighted by Crippen LogP contribution is -2.25. The maximum Gasteiger partial charge on any atom is 0.291 e. The van der Waals surface area contributed by atoms with Crippen LogP contribution in [-0.4, -0.2) is 11.8 Å². The van der Waals surface area contributed by atoms with Gasteiger partial charge < -0.3 is 4.84 Å². The van der Waals surface area contributed by atoms with Crippen molar-refractivity contribution in [2.45, 2.75) is 6.92 Å². The highest BCUT2D eigenvalue weighted by atomic mass is 16.6. The van der Waals surface area contributed by atoms with E-state index < -0.39 is 0 Å². The second-order valence-corrected chi connectivity index (χ2v) is 5.55. The molecule has 0 aliphatic rings. The molecule has 22 heavy (non-hydrogen) atoms. The molecule has 4 rings (SSSR count). The minimum atomic E-state index is -0.125. The maximum atomic E-state index is 12.7. The number of fused-ring (bicyclic) bond motifs is 4. The van der Waals surface area contributed by atoms with Crippen molar-refractivity contribution in [2.75, 3.05) is 7.11 Å². The molecule has 1 heterocycles. The lowest BCUT2D eigenvalue weighted by atomic mass is 10.0. The Morgan fingerprint density at radius 3 is 2.32 bits per heavy atom. The zero-order valence-electron chi connectivity index (χ0n) is 12.5.